The monoisotopic (exact) mass is 864 g/mol. The van der Waals surface area contributed by atoms with Crippen LogP contribution in [0.15, 0.2) is 115 Å². The minimum Gasteiger partial charge on any atom is -0.510 e. The van der Waals surface area contributed by atoms with Crippen LogP contribution < -0.4 is 14.5 Å². The molecule has 0 atom stereocenters. The number of imidazole rings is 1. The van der Waals surface area contributed by atoms with Gasteiger partial charge in [0.05, 0.1) is 30.2 Å². The molecule has 0 bridgehead atoms. The van der Waals surface area contributed by atoms with Crippen molar-refractivity contribution in [1.29, 1.82) is 0 Å². The van der Waals surface area contributed by atoms with E-state index in [1.807, 2.05) is 48.7 Å². The van der Waals surface area contributed by atoms with Gasteiger partial charge in [0, 0.05) is 44.3 Å². The van der Waals surface area contributed by atoms with Gasteiger partial charge < -0.3 is 18.4 Å². The zero-order valence-corrected chi connectivity index (χ0v) is 32.2. The second kappa shape index (κ2) is 12.5. The van der Waals surface area contributed by atoms with Crippen LogP contribution in [0, 0.1) is 18.5 Å². The Morgan fingerprint density at radius 1 is 0.843 bits per heavy atom. The first-order chi connectivity index (χ1) is 25.4. The summed E-state index contributed by atoms with van der Waals surface area (Å²) in [6.45, 7) is 7.40. The molecule has 3 aromatic heterocycles. The largest absolute Gasteiger partial charge is 0.510 e. The van der Waals surface area contributed by atoms with Gasteiger partial charge in [0.2, 0.25) is 6.33 Å². The summed E-state index contributed by atoms with van der Waals surface area (Å²) in [6.07, 6.45) is 6.16. The number of hydrogen-bond donors (Lipinski definition) is 0. The molecule has 5 nitrogen and oxygen atoms in total. The van der Waals surface area contributed by atoms with Gasteiger partial charge in [-0.3, -0.25) is 0 Å². The average molecular weight is 865 g/mol. The van der Waals surface area contributed by atoms with Gasteiger partial charge in [-0.25, -0.2) is 4.98 Å². The fraction of sp³-hybridized carbons (Fsp3) is 0.182. The number of benzene rings is 5. The molecule has 0 saturated heterocycles. The molecule has 0 aliphatic carbocycles. The van der Waals surface area contributed by atoms with E-state index in [1.165, 1.54) is 33.7 Å². The fourth-order valence-corrected chi connectivity index (χ4v) is 11.4. The van der Waals surface area contributed by atoms with E-state index in [1.54, 1.807) is 15.8 Å². The Morgan fingerprint density at radius 3 is 2.49 bits per heavy atom. The maximum absolute atomic E-state index is 8.04. The van der Waals surface area contributed by atoms with Crippen LogP contribution in [0.2, 0.25) is 19.1 Å². The minimum absolute atomic E-state index is 0. The van der Waals surface area contributed by atoms with Crippen LogP contribution >= 0.6 is 0 Å². The van der Waals surface area contributed by atoms with Gasteiger partial charge in [0.15, 0.2) is 0 Å². The van der Waals surface area contributed by atoms with E-state index >= 15 is 0 Å². The summed E-state index contributed by atoms with van der Waals surface area (Å²) in [5, 5.41) is 3.72. The third kappa shape index (κ3) is 5.56. The SMILES string of the molecule is [2H]C([2H])([2H])[n+]1[c-]n(-c2[c-]c(Oc3[c-]c4c(cc3)c3ccccc3n4-c3cc(-c4cccc5c4[Si](C)(C)CCC5(C)C)ccn3)ccc2)c2ccccc21.[Pt]. The smallest absolute Gasteiger partial charge is 0.242 e. The molecule has 1 aliphatic rings. The molecule has 9 rings (SSSR count). The summed E-state index contributed by atoms with van der Waals surface area (Å²) >= 11 is 0. The Hall–Kier alpha value is -4.77. The molecule has 0 radical (unpaired) electrons. The molecular weight excluding hydrogens is 824 g/mol. The standard InChI is InChI=1S/C44H38N4OSi.Pt/c1-44(2)23-25-50(4,5)43-34(15-11-16-37(43)44)30-22-24-45-42(26-30)48-38-17-7-6-14-35(38)36-21-20-33(28-41(36)48)49-32-13-10-12-31(27-32)47-29-46(3)39-18-8-9-19-40(39)47;/h6-22,24,26H,23,25H2,1-5H3;/q-2;/i3D3;. The van der Waals surface area contributed by atoms with Gasteiger partial charge in [-0.05, 0) is 57.3 Å². The van der Waals surface area contributed by atoms with E-state index in [4.69, 9.17) is 13.8 Å². The van der Waals surface area contributed by atoms with Crippen LogP contribution in [0.1, 0.15) is 29.9 Å². The molecule has 1 aliphatic heterocycles. The molecule has 0 N–H and O–H groups in total. The Labute approximate surface area is 318 Å². The predicted octanol–water partition coefficient (Wildman–Crippen LogP) is 9.40. The molecule has 0 unspecified atom stereocenters. The second-order valence-electron chi connectivity index (χ2n) is 14.6. The van der Waals surface area contributed by atoms with Crippen molar-refractivity contribution >= 4 is 46.1 Å². The van der Waals surface area contributed by atoms with Crippen molar-refractivity contribution in [2.75, 3.05) is 0 Å². The molecule has 0 amide bonds. The van der Waals surface area contributed by atoms with E-state index in [0.29, 0.717) is 28.2 Å². The van der Waals surface area contributed by atoms with Crippen LogP contribution in [0.4, 0.5) is 0 Å². The molecule has 256 valence electrons. The van der Waals surface area contributed by atoms with Crippen molar-refractivity contribution in [3.05, 3.63) is 139 Å². The summed E-state index contributed by atoms with van der Waals surface area (Å²) in [5.74, 6) is 1.81. The van der Waals surface area contributed by atoms with Crippen molar-refractivity contribution in [2.45, 2.75) is 44.8 Å². The number of rotatable bonds is 5. The molecule has 0 saturated carbocycles. The quantitative estimate of drug-likeness (QED) is 0.0983. The van der Waals surface area contributed by atoms with E-state index in [0.717, 1.165) is 27.6 Å². The fourth-order valence-electron chi connectivity index (χ4n) is 7.83. The third-order valence-corrected chi connectivity index (χ3v) is 13.9. The number of aromatic nitrogens is 4. The topological polar surface area (TPSA) is 35.9 Å². The van der Waals surface area contributed by atoms with Crippen LogP contribution in [-0.4, -0.2) is 22.2 Å². The Morgan fingerprint density at radius 2 is 1.63 bits per heavy atom. The summed E-state index contributed by atoms with van der Waals surface area (Å²) in [7, 11) is -1.67. The number of hydrogen-bond acceptors (Lipinski definition) is 2. The second-order valence-corrected chi connectivity index (χ2v) is 19.4. The Balaban J connectivity index is 0.00000413. The van der Waals surface area contributed by atoms with Crippen molar-refractivity contribution in [3.63, 3.8) is 0 Å². The van der Waals surface area contributed by atoms with E-state index < -0.39 is 15.0 Å². The molecule has 4 heterocycles. The van der Waals surface area contributed by atoms with Crippen LogP contribution in [0.25, 0.3) is 55.5 Å². The van der Waals surface area contributed by atoms with Gasteiger partial charge in [0.1, 0.15) is 5.82 Å². The van der Waals surface area contributed by atoms with Crippen LogP contribution in [-0.2, 0) is 33.5 Å². The first kappa shape index (κ1) is 29.9. The zero-order valence-electron chi connectivity index (χ0n) is 31.9. The minimum atomic E-state index is -2.38. The summed E-state index contributed by atoms with van der Waals surface area (Å²) in [4.78, 5) is 4.95. The van der Waals surface area contributed by atoms with Gasteiger partial charge in [-0.2, -0.15) is 18.2 Å². The van der Waals surface area contributed by atoms with Gasteiger partial charge in [-0.15, -0.1) is 29.7 Å². The summed E-state index contributed by atoms with van der Waals surface area (Å²) in [6, 6.07) is 44.7. The van der Waals surface area contributed by atoms with Crippen molar-refractivity contribution < 1.29 is 34.5 Å². The predicted molar refractivity (Wildman–Crippen MR) is 205 cm³/mol. The van der Waals surface area contributed by atoms with E-state index in [9.17, 15) is 0 Å². The van der Waals surface area contributed by atoms with Gasteiger partial charge in [0.25, 0.3) is 0 Å². The third-order valence-electron chi connectivity index (χ3n) is 10.5. The van der Waals surface area contributed by atoms with Crippen molar-refractivity contribution in [2.24, 2.45) is 6.98 Å². The maximum atomic E-state index is 8.04. The van der Waals surface area contributed by atoms with Crippen LogP contribution in [0.3, 0.4) is 0 Å². The van der Waals surface area contributed by atoms with Gasteiger partial charge >= 0.3 is 0 Å². The number of pyridine rings is 1. The molecule has 0 fully saturated rings. The number of fused-ring (bicyclic) bond motifs is 5. The number of nitrogens with zero attached hydrogens (tertiary/aromatic N) is 4. The molecule has 5 aromatic carbocycles. The molecule has 7 heteroatoms. The number of ether oxygens (including phenoxy) is 1. The van der Waals surface area contributed by atoms with Gasteiger partial charge in [-0.1, -0.05) is 105 Å². The summed E-state index contributed by atoms with van der Waals surface area (Å²) in [5.41, 5.74) is 7.89. The molecule has 51 heavy (non-hydrogen) atoms. The Bertz CT molecular complexity index is 2730. The summed E-state index contributed by atoms with van der Waals surface area (Å²) < 4.78 is 35.6. The molecule has 0 spiro atoms. The number of aryl methyl sites for hydroxylation is 1. The first-order valence-corrected chi connectivity index (χ1v) is 20.3. The van der Waals surface area contributed by atoms with Crippen molar-refractivity contribution in [1.82, 2.24) is 14.1 Å². The zero-order chi connectivity index (χ0) is 36.7. The molecular formula is C44H38N4OPtSi-2. The van der Waals surface area contributed by atoms with Crippen LogP contribution in [0.5, 0.6) is 11.5 Å². The van der Waals surface area contributed by atoms with Crippen molar-refractivity contribution in [3.8, 4) is 34.1 Å². The maximum Gasteiger partial charge on any atom is 0.242 e. The Kier molecular flexibility index (Phi) is 7.31. The normalized spacial score (nSPS) is 15.9. The average Bonchev–Trinajstić information content (AvgIpc) is 3.70. The molecule has 8 aromatic rings. The van der Waals surface area contributed by atoms with E-state index in [-0.39, 0.29) is 26.5 Å². The first-order valence-electron chi connectivity index (χ1n) is 18.6. The van der Waals surface area contributed by atoms with E-state index in [2.05, 4.69) is 111 Å². The number of para-hydroxylation sites is 3.